The van der Waals surface area contributed by atoms with Gasteiger partial charge in [0.05, 0.1) is 0 Å². The molecule has 5 heteroatoms. The number of rotatable bonds is 0. The lowest BCUT2D eigenvalue weighted by Crippen LogP contribution is -2.36. The number of hydrogen-bond donors (Lipinski definition) is 2. The quantitative estimate of drug-likeness (QED) is 0.630. The van der Waals surface area contributed by atoms with Crippen molar-refractivity contribution in [2.24, 2.45) is 0 Å². The molecule has 0 aromatic carbocycles. The zero-order valence-electron chi connectivity index (χ0n) is 6.60. The van der Waals surface area contributed by atoms with Crippen molar-refractivity contribution in [3.8, 4) is 0 Å². The summed E-state index contributed by atoms with van der Waals surface area (Å²) in [6.45, 7) is 2.42. The van der Waals surface area contributed by atoms with Gasteiger partial charge >= 0.3 is 0 Å². The summed E-state index contributed by atoms with van der Waals surface area (Å²) < 4.78 is 12.9. The van der Waals surface area contributed by atoms with Gasteiger partial charge in [-0.1, -0.05) is 0 Å². The van der Waals surface area contributed by atoms with Gasteiger partial charge in [-0.25, -0.2) is 4.39 Å². The largest absolute Gasteiger partial charge is 0.311 e. The lowest BCUT2D eigenvalue weighted by Gasteiger charge is -2.19. The molecule has 12 heavy (non-hydrogen) atoms. The van der Waals surface area contributed by atoms with Crippen LogP contribution in [0.15, 0.2) is 11.4 Å². The van der Waals surface area contributed by atoms with Gasteiger partial charge in [-0.2, -0.15) is 0 Å². The fourth-order valence-corrected chi connectivity index (χ4v) is 1.59. The summed E-state index contributed by atoms with van der Waals surface area (Å²) in [6, 6.07) is 0.286. The molecule has 2 aliphatic rings. The minimum Gasteiger partial charge on any atom is -0.311 e. The Hall–Kier alpha value is 0.170. The van der Waals surface area contributed by atoms with E-state index in [9.17, 15) is 4.39 Å². The third-order valence-electron chi connectivity index (χ3n) is 2.17. The summed E-state index contributed by atoms with van der Waals surface area (Å²) in [6.07, 6.45) is 0.577. The van der Waals surface area contributed by atoms with Crippen molar-refractivity contribution in [1.29, 1.82) is 0 Å². The molecule has 0 aromatic rings. The monoisotopic (exact) mass is 214 g/mol. The van der Waals surface area contributed by atoms with E-state index < -0.39 is 0 Å². The van der Waals surface area contributed by atoms with Crippen LogP contribution in [0.2, 0.25) is 0 Å². The Kier molecular flexibility index (Phi) is 5.09. The number of nitrogens with one attached hydrogen (secondary N) is 2. The zero-order chi connectivity index (χ0) is 6.97. The van der Waals surface area contributed by atoms with Gasteiger partial charge in [-0.15, -0.1) is 24.8 Å². The van der Waals surface area contributed by atoms with E-state index in [1.807, 2.05) is 0 Å². The molecule has 0 saturated carbocycles. The van der Waals surface area contributed by atoms with Gasteiger partial charge in [-0.3, -0.25) is 0 Å². The normalized spacial score (nSPS) is 27.2. The Morgan fingerprint density at radius 2 is 2.08 bits per heavy atom. The molecular weight excluding hydrogens is 202 g/mol. The standard InChI is InChI=1S/C7H11FN2.2ClH/c8-6-1-2-10-7-4-9-3-5(6)7;;/h7,9-10H,1-4H2;2*1H. The second-order valence-electron chi connectivity index (χ2n) is 2.82. The number of halogens is 3. The van der Waals surface area contributed by atoms with Crippen molar-refractivity contribution in [2.75, 3.05) is 19.6 Å². The molecule has 1 fully saturated rings. The molecule has 0 bridgehead atoms. The van der Waals surface area contributed by atoms with Crippen LogP contribution in [0.25, 0.3) is 0 Å². The Morgan fingerprint density at radius 1 is 1.33 bits per heavy atom. The fraction of sp³-hybridized carbons (Fsp3) is 0.714. The number of hydrogen-bond acceptors (Lipinski definition) is 2. The van der Waals surface area contributed by atoms with Crippen LogP contribution in [0.4, 0.5) is 4.39 Å². The Balaban J connectivity index is 0.000000605. The van der Waals surface area contributed by atoms with Crippen LogP contribution in [0.5, 0.6) is 0 Å². The SMILES string of the molecule is Cl.Cl.FC1=C2CNCC2NCC1. The highest BCUT2D eigenvalue weighted by atomic mass is 35.5. The van der Waals surface area contributed by atoms with Gasteiger partial charge in [0.1, 0.15) is 5.83 Å². The molecule has 0 aliphatic carbocycles. The fourth-order valence-electron chi connectivity index (χ4n) is 1.59. The van der Waals surface area contributed by atoms with Crippen molar-refractivity contribution < 1.29 is 4.39 Å². The predicted molar refractivity (Wildman–Crippen MR) is 51.9 cm³/mol. The van der Waals surface area contributed by atoms with Crippen LogP contribution in [0.3, 0.4) is 0 Å². The lowest BCUT2D eigenvalue weighted by atomic mass is 10.1. The first-order valence-corrected chi connectivity index (χ1v) is 3.69. The van der Waals surface area contributed by atoms with Crippen molar-refractivity contribution in [1.82, 2.24) is 10.6 Å². The molecule has 0 radical (unpaired) electrons. The summed E-state index contributed by atoms with van der Waals surface area (Å²) in [5, 5.41) is 6.39. The van der Waals surface area contributed by atoms with Gasteiger partial charge in [0.15, 0.2) is 0 Å². The summed E-state index contributed by atoms with van der Waals surface area (Å²) in [5.74, 6) is 0.105. The third-order valence-corrected chi connectivity index (χ3v) is 2.17. The molecule has 72 valence electrons. The summed E-state index contributed by atoms with van der Waals surface area (Å²) >= 11 is 0. The molecule has 0 aromatic heterocycles. The topological polar surface area (TPSA) is 24.1 Å². The lowest BCUT2D eigenvalue weighted by molar-refractivity contribution is 0.483. The van der Waals surface area contributed by atoms with Gasteiger partial charge < -0.3 is 10.6 Å². The molecular formula is C7H13Cl2FN2. The smallest absolute Gasteiger partial charge is 0.103 e. The highest BCUT2D eigenvalue weighted by Gasteiger charge is 2.26. The highest BCUT2D eigenvalue weighted by Crippen LogP contribution is 2.20. The molecule has 1 atom stereocenters. The van der Waals surface area contributed by atoms with E-state index in [4.69, 9.17) is 0 Å². The first-order chi connectivity index (χ1) is 4.88. The predicted octanol–water partition coefficient (Wildman–Crippen LogP) is 1.02. The molecule has 2 aliphatic heterocycles. The molecule has 1 saturated heterocycles. The van der Waals surface area contributed by atoms with Crippen LogP contribution in [0.1, 0.15) is 6.42 Å². The summed E-state index contributed by atoms with van der Waals surface area (Å²) in [4.78, 5) is 0. The van der Waals surface area contributed by atoms with E-state index in [0.29, 0.717) is 6.42 Å². The van der Waals surface area contributed by atoms with Gasteiger partial charge in [0, 0.05) is 32.1 Å². The van der Waals surface area contributed by atoms with Crippen LogP contribution in [0, 0.1) is 0 Å². The minimum atomic E-state index is 0. The Bertz CT molecular complexity index is 184. The van der Waals surface area contributed by atoms with Crippen LogP contribution < -0.4 is 10.6 Å². The first-order valence-electron chi connectivity index (χ1n) is 3.69. The second kappa shape index (κ2) is 5.02. The molecule has 2 N–H and O–H groups in total. The van der Waals surface area contributed by atoms with Crippen molar-refractivity contribution in [2.45, 2.75) is 12.5 Å². The molecule has 0 amide bonds. The van der Waals surface area contributed by atoms with Crippen molar-refractivity contribution in [3.05, 3.63) is 11.4 Å². The first kappa shape index (κ1) is 12.2. The third kappa shape index (κ3) is 2.10. The van der Waals surface area contributed by atoms with Crippen molar-refractivity contribution in [3.63, 3.8) is 0 Å². The summed E-state index contributed by atoms with van der Waals surface area (Å²) in [7, 11) is 0. The van der Waals surface area contributed by atoms with E-state index in [0.717, 1.165) is 25.2 Å². The van der Waals surface area contributed by atoms with E-state index in [1.54, 1.807) is 0 Å². The molecule has 2 nitrogen and oxygen atoms in total. The zero-order valence-corrected chi connectivity index (χ0v) is 8.23. The summed E-state index contributed by atoms with van der Waals surface area (Å²) in [5.41, 5.74) is 0.950. The molecule has 0 spiro atoms. The Morgan fingerprint density at radius 3 is 2.75 bits per heavy atom. The molecule has 2 rings (SSSR count). The number of fused-ring (bicyclic) bond motifs is 1. The average Bonchev–Trinajstić information content (AvgIpc) is 2.36. The van der Waals surface area contributed by atoms with E-state index in [-0.39, 0.29) is 36.7 Å². The minimum absolute atomic E-state index is 0. The molecule has 1 unspecified atom stereocenters. The van der Waals surface area contributed by atoms with E-state index in [1.165, 1.54) is 0 Å². The van der Waals surface area contributed by atoms with Gasteiger partial charge in [-0.05, 0) is 5.57 Å². The average molecular weight is 215 g/mol. The van der Waals surface area contributed by atoms with Gasteiger partial charge in [0.2, 0.25) is 0 Å². The van der Waals surface area contributed by atoms with Crippen LogP contribution in [-0.4, -0.2) is 25.7 Å². The maximum absolute atomic E-state index is 12.9. The van der Waals surface area contributed by atoms with E-state index in [2.05, 4.69) is 10.6 Å². The van der Waals surface area contributed by atoms with Gasteiger partial charge in [0.25, 0.3) is 0 Å². The molecule has 2 heterocycles. The van der Waals surface area contributed by atoms with E-state index >= 15 is 0 Å². The van der Waals surface area contributed by atoms with Crippen LogP contribution in [-0.2, 0) is 0 Å². The second-order valence-corrected chi connectivity index (χ2v) is 2.82. The Labute approximate surface area is 83.8 Å². The van der Waals surface area contributed by atoms with Crippen LogP contribution >= 0.6 is 24.8 Å². The van der Waals surface area contributed by atoms with Crippen molar-refractivity contribution >= 4 is 24.8 Å². The maximum Gasteiger partial charge on any atom is 0.103 e. The maximum atomic E-state index is 12.9. The highest BCUT2D eigenvalue weighted by molar-refractivity contribution is 5.85.